The van der Waals surface area contributed by atoms with Crippen molar-refractivity contribution in [3.05, 3.63) is 95.6 Å². The Bertz CT molecular complexity index is 1460. The zero-order chi connectivity index (χ0) is 30.1. The van der Waals surface area contributed by atoms with E-state index in [9.17, 15) is 18.0 Å². The van der Waals surface area contributed by atoms with E-state index in [2.05, 4.69) is 5.32 Å². The fourth-order valence-electron chi connectivity index (χ4n) is 5.43. The molecule has 8 nitrogen and oxygen atoms in total. The SMILES string of the molecule is CCOc1ccccc1N(CC(=O)N(Cc1ccccc1C)[C@@H](Cc1ccccc1)C(=O)NC1CCCC1)S(C)(=O)=O. The highest BCUT2D eigenvalue weighted by atomic mass is 32.2. The van der Waals surface area contributed by atoms with Crippen LogP contribution in [0.4, 0.5) is 5.69 Å². The van der Waals surface area contributed by atoms with Gasteiger partial charge in [-0.3, -0.25) is 13.9 Å². The minimum absolute atomic E-state index is 0.0665. The van der Waals surface area contributed by atoms with Gasteiger partial charge in [0.05, 0.1) is 18.6 Å². The van der Waals surface area contributed by atoms with Crippen LogP contribution in [0.5, 0.6) is 5.75 Å². The maximum absolute atomic E-state index is 14.3. The summed E-state index contributed by atoms with van der Waals surface area (Å²) in [6.45, 7) is 3.79. The Morgan fingerprint density at radius 2 is 1.60 bits per heavy atom. The number of ether oxygens (including phenoxy) is 1. The second-order valence-corrected chi connectivity index (χ2v) is 12.7. The topological polar surface area (TPSA) is 96.0 Å². The summed E-state index contributed by atoms with van der Waals surface area (Å²) >= 11 is 0. The molecule has 0 spiro atoms. The highest BCUT2D eigenvalue weighted by Crippen LogP contribution is 2.30. The van der Waals surface area contributed by atoms with Crippen LogP contribution in [0.15, 0.2) is 78.9 Å². The van der Waals surface area contributed by atoms with Gasteiger partial charge in [-0.05, 0) is 55.5 Å². The molecule has 1 aliphatic rings. The number of nitrogens with zero attached hydrogens (tertiary/aromatic N) is 2. The van der Waals surface area contributed by atoms with Crippen molar-refractivity contribution in [1.82, 2.24) is 10.2 Å². The second kappa shape index (κ2) is 14.4. The van der Waals surface area contributed by atoms with Crippen molar-refractivity contribution < 1.29 is 22.7 Å². The molecule has 1 aliphatic carbocycles. The number of nitrogens with one attached hydrogen (secondary N) is 1. The highest BCUT2D eigenvalue weighted by Gasteiger charge is 2.35. The summed E-state index contributed by atoms with van der Waals surface area (Å²) in [5.41, 5.74) is 3.05. The molecule has 0 aliphatic heterocycles. The third kappa shape index (κ3) is 8.12. The molecule has 0 heterocycles. The Hall–Kier alpha value is -3.85. The largest absolute Gasteiger partial charge is 0.492 e. The van der Waals surface area contributed by atoms with E-state index in [-0.39, 0.29) is 24.2 Å². The lowest BCUT2D eigenvalue weighted by Crippen LogP contribution is -2.54. The van der Waals surface area contributed by atoms with Crippen LogP contribution in [0.25, 0.3) is 0 Å². The number of benzene rings is 3. The predicted octanol–water partition coefficient (Wildman–Crippen LogP) is 4.86. The summed E-state index contributed by atoms with van der Waals surface area (Å²) in [5, 5.41) is 3.19. The zero-order valence-electron chi connectivity index (χ0n) is 24.7. The first-order chi connectivity index (χ1) is 20.2. The Kier molecular flexibility index (Phi) is 10.6. The van der Waals surface area contributed by atoms with Gasteiger partial charge in [0.25, 0.3) is 0 Å². The molecule has 0 unspecified atom stereocenters. The van der Waals surface area contributed by atoms with Crippen molar-refractivity contribution in [3.8, 4) is 5.75 Å². The Balaban J connectivity index is 1.75. The monoisotopic (exact) mass is 591 g/mol. The molecule has 0 bridgehead atoms. The first kappa shape index (κ1) is 31.1. The first-order valence-electron chi connectivity index (χ1n) is 14.5. The normalized spacial score (nSPS) is 14.3. The third-order valence-corrected chi connectivity index (χ3v) is 8.81. The van der Waals surface area contributed by atoms with Crippen LogP contribution < -0.4 is 14.4 Å². The molecule has 4 rings (SSSR count). The average Bonchev–Trinajstić information content (AvgIpc) is 3.48. The number of sulfonamides is 1. The molecule has 0 aromatic heterocycles. The smallest absolute Gasteiger partial charge is 0.244 e. The predicted molar refractivity (Wildman–Crippen MR) is 166 cm³/mol. The van der Waals surface area contributed by atoms with Gasteiger partial charge in [-0.15, -0.1) is 0 Å². The number of aryl methyl sites for hydroxylation is 1. The summed E-state index contributed by atoms with van der Waals surface area (Å²) in [5.74, 6) is -0.339. The number of para-hydroxylation sites is 2. The van der Waals surface area contributed by atoms with Crippen LogP contribution in [0.2, 0.25) is 0 Å². The van der Waals surface area contributed by atoms with Crippen LogP contribution in [0, 0.1) is 6.92 Å². The van der Waals surface area contributed by atoms with Gasteiger partial charge in [-0.1, -0.05) is 79.6 Å². The van der Waals surface area contributed by atoms with Crippen molar-refractivity contribution in [1.29, 1.82) is 0 Å². The number of hydrogen-bond acceptors (Lipinski definition) is 5. The minimum atomic E-state index is -3.89. The van der Waals surface area contributed by atoms with Crippen molar-refractivity contribution in [3.63, 3.8) is 0 Å². The number of carbonyl (C=O) groups excluding carboxylic acids is 2. The van der Waals surface area contributed by atoms with E-state index in [0.717, 1.165) is 52.9 Å². The number of anilines is 1. The van der Waals surface area contributed by atoms with Crippen molar-refractivity contribution in [2.24, 2.45) is 0 Å². The van der Waals surface area contributed by atoms with Crippen molar-refractivity contribution >= 4 is 27.5 Å². The molecule has 2 amide bonds. The maximum atomic E-state index is 14.3. The van der Waals surface area contributed by atoms with Gasteiger partial charge in [-0.2, -0.15) is 0 Å². The highest BCUT2D eigenvalue weighted by molar-refractivity contribution is 7.92. The molecule has 9 heteroatoms. The summed E-state index contributed by atoms with van der Waals surface area (Å²) in [6, 6.07) is 23.3. The molecule has 1 saturated carbocycles. The molecule has 224 valence electrons. The lowest BCUT2D eigenvalue weighted by molar-refractivity contribution is -0.140. The van der Waals surface area contributed by atoms with Gasteiger partial charge in [0.15, 0.2) is 0 Å². The molecule has 1 atom stereocenters. The van der Waals surface area contributed by atoms with Crippen LogP contribution in [0.1, 0.15) is 49.3 Å². The molecule has 1 N–H and O–H groups in total. The summed E-state index contributed by atoms with van der Waals surface area (Å²) in [7, 11) is -3.89. The van der Waals surface area contributed by atoms with E-state index in [1.165, 1.54) is 0 Å². The average molecular weight is 592 g/mol. The third-order valence-electron chi connectivity index (χ3n) is 7.69. The van der Waals surface area contributed by atoms with E-state index in [0.29, 0.717) is 18.8 Å². The van der Waals surface area contributed by atoms with Crippen LogP contribution in [-0.4, -0.2) is 56.6 Å². The standard InChI is InChI=1S/C33H41N3O5S/c1-4-41-31-21-13-12-20-29(31)36(42(3,39)40)24-32(37)35(23-27-17-9-8-14-25(27)2)30(22-26-15-6-5-7-16-26)33(38)34-28-18-10-11-19-28/h5-9,12-17,20-21,28,30H,4,10-11,18-19,22-24H2,1-3H3,(H,34,38)/t30-/m0/s1. The molecule has 0 saturated heterocycles. The minimum Gasteiger partial charge on any atom is -0.492 e. The van der Waals surface area contributed by atoms with E-state index < -0.39 is 28.5 Å². The summed E-state index contributed by atoms with van der Waals surface area (Å²) < 4.78 is 33.0. The summed E-state index contributed by atoms with van der Waals surface area (Å²) in [4.78, 5) is 29.8. The van der Waals surface area contributed by atoms with Crippen LogP contribution in [0.3, 0.4) is 0 Å². The van der Waals surface area contributed by atoms with Gasteiger partial charge < -0.3 is 15.0 Å². The molecule has 0 radical (unpaired) electrons. The molecule has 3 aromatic carbocycles. The fourth-order valence-corrected chi connectivity index (χ4v) is 6.28. The van der Waals surface area contributed by atoms with Gasteiger partial charge in [-0.25, -0.2) is 8.42 Å². The fraction of sp³-hybridized carbons (Fsp3) is 0.394. The lowest BCUT2D eigenvalue weighted by atomic mass is 10.0. The van der Waals surface area contributed by atoms with Gasteiger partial charge >= 0.3 is 0 Å². The Morgan fingerprint density at radius 3 is 2.26 bits per heavy atom. The second-order valence-electron chi connectivity index (χ2n) is 10.8. The number of amides is 2. The molecule has 1 fully saturated rings. The van der Waals surface area contributed by atoms with Crippen LogP contribution >= 0.6 is 0 Å². The number of carbonyl (C=O) groups is 2. The van der Waals surface area contributed by atoms with E-state index >= 15 is 0 Å². The van der Waals surface area contributed by atoms with Gasteiger partial charge in [0, 0.05) is 19.0 Å². The Labute approximate surface area is 249 Å². The van der Waals surface area contributed by atoms with E-state index in [4.69, 9.17) is 4.74 Å². The quantitative estimate of drug-likeness (QED) is 0.306. The number of rotatable bonds is 13. The Morgan fingerprint density at radius 1 is 0.952 bits per heavy atom. The van der Waals surface area contributed by atoms with Crippen molar-refractivity contribution in [2.45, 2.75) is 64.6 Å². The zero-order valence-corrected chi connectivity index (χ0v) is 25.5. The molecule has 3 aromatic rings. The lowest BCUT2D eigenvalue weighted by Gasteiger charge is -2.34. The molecular formula is C33H41N3O5S. The van der Waals surface area contributed by atoms with Crippen molar-refractivity contribution in [2.75, 3.05) is 23.7 Å². The van der Waals surface area contributed by atoms with E-state index in [1.54, 1.807) is 29.2 Å². The summed E-state index contributed by atoms with van der Waals surface area (Å²) in [6.07, 6.45) is 5.30. The van der Waals surface area contributed by atoms with E-state index in [1.807, 2.05) is 68.4 Å². The number of hydrogen-bond donors (Lipinski definition) is 1. The molecular weight excluding hydrogens is 550 g/mol. The van der Waals surface area contributed by atoms with Gasteiger partial charge in [0.1, 0.15) is 18.3 Å². The van der Waals surface area contributed by atoms with Gasteiger partial charge in [0.2, 0.25) is 21.8 Å². The maximum Gasteiger partial charge on any atom is 0.244 e. The molecule has 42 heavy (non-hydrogen) atoms. The first-order valence-corrected chi connectivity index (χ1v) is 16.4. The van der Waals surface area contributed by atoms with Crippen LogP contribution in [-0.2, 0) is 32.6 Å².